The minimum absolute atomic E-state index is 0.0857. The van der Waals surface area contributed by atoms with Gasteiger partial charge in [0.15, 0.2) is 0 Å². The molecule has 0 radical (unpaired) electrons. The lowest BCUT2D eigenvalue weighted by molar-refractivity contribution is 0.328. The summed E-state index contributed by atoms with van der Waals surface area (Å²) in [7, 11) is 1.97. The fraction of sp³-hybridized carbons (Fsp3) is 0.400. The van der Waals surface area contributed by atoms with Crippen molar-refractivity contribution in [1.82, 2.24) is 5.32 Å². The molecule has 7 heteroatoms. The predicted octanol–water partition coefficient (Wildman–Crippen LogP) is 1.91. The van der Waals surface area contributed by atoms with Crippen molar-refractivity contribution in [3.05, 3.63) is 46.8 Å². The van der Waals surface area contributed by atoms with Crippen molar-refractivity contribution in [3.8, 4) is 6.07 Å². The van der Waals surface area contributed by atoms with Gasteiger partial charge in [-0.2, -0.15) is 5.26 Å². The second kappa shape index (κ2) is 7.72. The Labute approximate surface area is 159 Å². The van der Waals surface area contributed by atoms with E-state index in [2.05, 4.69) is 16.4 Å². The van der Waals surface area contributed by atoms with Gasteiger partial charge in [0, 0.05) is 23.7 Å². The maximum Gasteiger partial charge on any atom is 0.129 e. The summed E-state index contributed by atoms with van der Waals surface area (Å²) in [5.41, 5.74) is 14.5. The van der Waals surface area contributed by atoms with Gasteiger partial charge in [0.25, 0.3) is 0 Å². The van der Waals surface area contributed by atoms with Gasteiger partial charge in [0.2, 0.25) is 0 Å². The summed E-state index contributed by atoms with van der Waals surface area (Å²) >= 11 is 0. The van der Waals surface area contributed by atoms with E-state index in [1.54, 1.807) is 18.2 Å². The molecule has 0 aromatic rings. The van der Waals surface area contributed by atoms with Gasteiger partial charge in [-0.3, -0.25) is 10.8 Å². The first kappa shape index (κ1) is 18.8. The Morgan fingerprint density at radius 1 is 1.30 bits per heavy atom. The van der Waals surface area contributed by atoms with Crippen LogP contribution in [0.1, 0.15) is 25.7 Å². The molecule has 0 bridgehead atoms. The van der Waals surface area contributed by atoms with Crippen LogP contribution < -0.4 is 16.8 Å². The van der Waals surface area contributed by atoms with Crippen LogP contribution in [0.5, 0.6) is 0 Å². The van der Waals surface area contributed by atoms with Gasteiger partial charge in [0.05, 0.1) is 34.7 Å². The van der Waals surface area contributed by atoms with Gasteiger partial charge in [-0.1, -0.05) is 12.2 Å². The Bertz CT molecular complexity index is 855. The van der Waals surface area contributed by atoms with Gasteiger partial charge in [-0.25, -0.2) is 4.99 Å². The van der Waals surface area contributed by atoms with Gasteiger partial charge >= 0.3 is 0 Å². The Hall–Kier alpha value is -2.98. The first-order valence-corrected chi connectivity index (χ1v) is 9.15. The summed E-state index contributed by atoms with van der Waals surface area (Å²) in [6.45, 7) is 0. The van der Waals surface area contributed by atoms with E-state index in [1.165, 1.54) is 6.20 Å². The van der Waals surface area contributed by atoms with E-state index in [1.807, 2.05) is 7.05 Å². The number of nitrogens with two attached hydrogens (primary N) is 2. The second-order valence-corrected chi connectivity index (χ2v) is 7.07. The summed E-state index contributed by atoms with van der Waals surface area (Å²) in [4.78, 5) is 4.56. The van der Waals surface area contributed by atoms with Crippen LogP contribution in [-0.4, -0.2) is 30.3 Å². The Morgan fingerprint density at radius 3 is 2.59 bits per heavy atom. The Balaban J connectivity index is 2.07. The van der Waals surface area contributed by atoms with E-state index in [4.69, 9.17) is 22.3 Å². The fourth-order valence-electron chi connectivity index (χ4n) is 4.11. The third-order valence-corrected chi connectivity index (χ3v) is 5.64. The highest BCUT2D eigenvalue weighted by molar-refractivity contribution is 6.51. The molecule has 0 spiro atoms. The number of nitrogens with zero attached hydrogens (tertiary/aromatic N) is 2. The molecule has 140 valence electrons. The van der Waals surface area contributed by atoms with Gasteiger partial charge in [-0.15, -0.1) is 0 Å². The van der Waals surface area contributed by atoms with Crippen LogP contribution in [-0.2, 0) is 0 Å². The van der Waals surface area contributed by atoms with Crippen molar-refractivity contribution in [1.29, 1.82) is 16.1 Å². The minimum Gasteiger partial charge on any atom is -0.404 e. The molecule has 1 saturated carbocycles. The molecular weight excluding hydrogens is 338 g/mol. The zero-order chi connectivity index (χ0) is 19.6. The standard InChI is InChI=1S/C20H25N7/c1-26-12-7-5-11(6-8-12)19-14(9-21)17(15(10-22)20(25)27-19)13-3-2-4-16(23)18(13)24/h2-4,10-12,17,23-24,26H,5-8,22H2,1H3,(H2,25,27)/b15-10-,23-16?,24-18?. The number of hydrogen-bond acceptors (Lipinski definition) is 7. The second-order valence-electron chi connectivity index (χ2n) is 7.07. The van der Waals surface area contributed by atoms with Crippen molar-refractivity contribution in [2.45, 2.75) is 31.7 Å². The SMILES string of the molecule is CNC1CCC(C2=C(C#N)C(C3=CC=CC(=N)C3=N)/C(=C/N)C(N)=N2)CC1. The number of nitriles is 1. The van der Waals surface area contributed by atoms with E-state index < -0.39 is 5.92 Å². The third-order valence-electron chi connectivity index (χ3n) is 5.64. The van der Waals surface area contributed by atoms with Crippen LogP contribution >= 0.6 is 0 Å². The minimum atomic E-state index is -0.549. The van der Waals surface area contributed by atoms with Crippen molar-refractivity contribution < 1.29 is 0 Å². The number of rotatable bonds is 3. The largest absolute Gasteiger partial charge is 0.404 e. The highest BCUT2D eigenvalue weighted by atomic mass is 14.9. The normalized spacial score (nSPS) is 30.2. The quantitative estimate of drug-likeness (QED) is 0.487. The number of nitrogens with one attached hydrogen (secondary N) is 3. The molecule has 7 N–H and O–H groups in total. The molecule has 3 rings (SSSR count). The molecule has 1 fully saturated rings. The topological polar surface area (TPSA) is 148 Å². The highest BCUT2D eigenvalue weighted by Crippen LogP contribution is 2.41. The average molecular weight is 363 g/mol. The van der Waals surface area contributed by atoms with E-state index in [-0.39, 0.29) is 17.3 Å². The molecule has 0 aromatic heterocycles. The molecule has 1 unspecified atom stereocenters. The number of allylic oxidation sites excluding steroid dienone is 6. The molecular formula is C20H25N7. The molecule has 0 aromatic carbocycles. The summed E-state index contributed by atoms with van der Waals surface area (Å²) in [5, 5.41) is 29.6. The molecule has 1 heterocycles. The van der Waals surface area contributed by atoms with Gasteiger partial charge < -0.3 is 16.8 Å². The first-order valence-electron chi connectivity index (χ1n) is 9.15. The van der Waals surface area contributed by atoms with Crippen molar-refractivity contribution in [2.24, 2.45) is 28.3 Å². The van der Waals surface area contributed by atoms with Crippen LogP contribution in [0.3, 0.4) is 0 Å². The summed E-state index contributed by atoms with van der Waals surface area (Å²) in [6.07, 6.45) is 10.3. The highest BCUT2D eigenvalue weighted by Gasteiger charge is 2.37. The third kappa shape index (κ3) is 3.36. The summed E-state index contributed by atoms with van der Waals surface area (Å²) in [6, 6.07) is 2.81. The fourth-order valence-corrected chi connectivity index (χ4v) is 4.11. The van der Waals surface area contributed by atoms with E-state index in [0.717, 1.165) is 31.4 Å². The molecule has 0 saturated heterocycles. The lowest BCUT2D eigenvalue weighted by atomic mass is 9.74. The lowest BCUT2D eigenvalue weighted by Gasteiger charge is -2.34. The van der Waals surface area contributed by atoms with Crippen molar-refractivity contribution >= 4 is 17.3 Å². The van der Waals surface area contributed by atoms with Crippen LogP contribution in [0.4, 0.5) is 0 Å². The monoisotopic (exact) mass is 363 g/mol. The molecule has 0 amide bonds. The molecule has 1 aliphatic heterocycles. The molecule has 27 heavy (non-hydrogen) atoms. The number of amidine groups is 1. The summed E-state index contributed by atoms with van der Waals surface area (Å²) in [5.74, 6) is -0.0904. The lowest BCUT2D eigenvalue weighted by Crippen LogP contribution is -2.35. The van der Waals surface area contributed by atoms with Crippen LogP contribution in [0.25, 0.3) is 0 Å². The average Bonchev–Trinajstić information content (AvgIpc) is 2.69. The predicted molar refractivity (Wildman–Crippen MR) is 108 cm³/mol. The van der Waals surface area contributed by atoms with E-state index in [0.29, 0.717) is 28.6 Å². The van der Waals surface area contributed by atoms with Gasteiger partial charge in [0.1, 0.15) is 5.84 Å². The van der Waals surface area contributed by atoms with Crippen LogP contribution in [0.15, 0.2) is 51.8 Å². The molecule has 3 aliphatic rings. The molecule has 7 nitrogen and oxygen atoms in total. The first-order chi connectivity index (χ1) is 13.0. The molecule has 1 atom stereocenters. The number of aliphatic imine (C=N–C) groups is 1. The summed E-state index contributed by atoms with van der Waals surface area (Å²) < 4.78 is 0. The van der Waals surface area contributed by atoms with E-state index in [9.17, 15) is 5.26 Å². The van der Waals surface area contributed by atoms with Crippen LogP contribution in [0, 0.1) is 34.0 Å². The maximum absolute atomic E-state index is 9.98. The van der Waals surface area contributed by atoms with Gasteiger partial charge in [-0.05, 0) is 44.4 Å². The molecule has 2 aliphatic carbocycles. The van der Waals surface area contributed by atoms with Crippen molar-refractivity contribution in [2.75, 3.05) is 7.05 Å². The van der Waals surface area contributed by atoms with Crippen molar-refractivity contribution in [3.63, 3.8) is 0 Å². The zero-order valence-corrected chi connectivity index (χ0v) is 15.4. The smallest absolute Gasteiger partial charge is 0.129 e. The van der Waals surface area contributed by atoms with Crippen LogP contribution in [0.2, 0.25) is 0 Å². The Morgan fingerprint density at radius 2 is 2.00 bits per heavy atom. The zero-order valence-electron chi connectivity index (χ0n) is 15.4. The maximum atomic E-state index is 9.98. The van der Waals surface area contributed by atoms with E-state index >= 15 is 0 Å². The number of hydrogen-bond donors (Lipinski definition) is 5. The Kier molecular flexibility index (Phi) is 5.38.